The molecule has 0 unspecified atom stereocenters. The quantitative estimate of drug-likeness (QED) is 0.679. The van der Waals surface area contributed by atoms with Gasteiger partial charge in [-0.15, -0.1) is 0 Å². The zero-order valence-corrected chi connectivity index (χ0v) is 16.7. The highest BCUT2D eigenvalue weighted by Gasteiger charge is 2.59. The summed E-state index contributed by atoms with van der Waals surface area (Å²) in [4.78, 5) is 12.7. The van der Waals surface area contributed by atoms with E-state index in [1.807, 2.05) is 0 Å². The van der Waals surface area contributed by atoms with Crippen LogP contribution in [-0.2, 0) is 4.79 Å². The minimum atomic E-state index is -0.417. The number of rotatable bonds is 1. The van der Waals surface area contributed by atoms with E-state index >= 15 is 0 Å². The Morgan fingerprint density at radius 3 is 2.56 bits per heavy atom. The molecule has 4 aliphatic carbocycles. The Morgan fingerprint density at radius 2 is 1.80 bits per heavy atom. The second-order valence-electron chi connectivity index (χ2n) is 10.6. The fourth-order valence-corrected chi connectivity index (χ4v) is 7.91. The van der Waals surface area contributed by atoms with Gasteiger partial charge in [-0.3, -0.25) is 4.79 Å². The summed E-state index contributed by atoms with van der Waals surface area (Å²) >= 11 is 0. The van der Waals surface area contributed by atoms with Crippen molar-refractivity contribution in [1.82, 2.24) is 0 Å². The lowest BCUT2D eigenvalue weighted by molar-refractivity contribution is -0.153. The van der Waals surface area contributed by atoms with Gasteiger partial charge < -0.3 is 5.11 Å². The largest absolute Gasteiger partial charge is 0.390 e. The number of Topliss-reactive ketones (excluding diaryl/α,β-unsaturated/α-hetero) is 1. The van der Waals surface area contributed by atoms with Crippen LogP contribution in [0.1, 0.15) is 97.8 Å². The van der Waals surface area contributed by atoms with Crippen LogP contribution in [0, 0.1) is 34.5 Å². The monoisotopic (exact) mass is 346 g/mol. The van der Waals surface area contributed by atoms with E-state index in [1.165, 1.54) is 38.5 Å². The normalized spacial score (nSPS) is 53.4. The van der Waals surface area contributed by atoms with Crippen molar-refractivity contribution in [3.63, 3.8) is 0 Å². The molecule has 2 heteroatoms. The first-order valence-corrected chi connectivity index (χ1v) is 11.1. The van der Waals surface area contributed by atoms with Gasteiger partial charge in [-0.25, -0.2) is 0 Å². The lowest BCUT2D eigenvalue weighted by Crippen LogP contribution is -2.55. The van der Waals surface area contributed by atoms with Crippen molar-refractivity contribution in [2.45, 2.75) is 103 Å². The number of hydrogen-bond donors (Lipinski definition) is 1. The van der Waals surface area contributed by atoms with Gasteiger partial charge in [0.1, 0.15) is 5.78 Å². The SMILES string of the molecule is CC[C@@]1(O)CCC[C@@]2(C)[C@@H](CC[C@@H]3[C@@H]2CC[C@]2(C)C(=O)CCC[C@@H]32)C1. The second-order valence-corrected chi connectivity index (χ2v) is 10.6. The lowest BCUT2D eigenvalue weighted by atomic mass is 9.44. The smallest absolute Gasteiger partial charge is 0.139 e. The van der Waals surface area contributed by atoms with Gasteiger partial charge in [0.15, 0.2) is 0 Å². The average Bonchev–Trinajstić information content (AvgIpc) is 2.72. The van der Waals surface area contributed by atoms with E-state index in [9.17, 15) is 9.90 Å². The Morgan fingerprint density at radius 1 is 1.00 bits per heavy atom. The molecule has 1 N–H and O–H groups in total. The van der Waals surface area contributed by atoms with Gasteiger partial charge in [0.05, 0.1) is 5.60 Å². The molecular formula is C23H38O2. The minimum absolute atomic E-state index is 0.0164. The van der Waals surface area contributed by atoms with E-state index in [4.69, 9.17) is 0 Å². The van der Waals surface area contributed by atoms with Crippen LogP contribution in [0.15, 0.2) is 0 Å². The maximum atomic E-state index is 12.7. The predicted octanol–water partition coefficient (Wildman–Crippen LogP) is 5.52. The molecule has 0 spiro atoms. The first-order chi connectivity index (χ1) is 11.8. The Bertz CT molecular complexity index is 542. The van der Waals surface area contributed by atoms with Gasteiger partial charge in [0, 0.05) is 11.8 Å². The summed E-state index contributed by atoms with van der Waals surface area (Å²) in [5.74, 6) is 3.44. The standard InChI is InChI=1S/C23H38O2/c1-4-23(25)13-6-12-21(2)16(15-23)9-10-17-18-7-5-8-20(24)22(18,3)14-11-19(17)21/h16-19,25H,4-15H2,1-3H3/t16-,17-,18-,19-,21-,22-,23+/m0/s1. The molecule has 0 heterocycles. The second kappa shape index (κ2) is 6.08. The average molecular weight is 347 g/mol. The Balaban J connectivity index is 1.63. The van der Waals surface area contributed by atoms with Gasteiger partial charge in [0.25, 0.3) is 0 Å². The summed E-state index contributed by atoms with van der Waals surface area (Å²) < 4.78 is 0. The molecule has 0 radical (unpaired) electrons. The first-order valence-electron chi connectivity index (χ1n) is 11.1. The van der Waals surface area contributed by atoms with Crippen LogP contribution in [0.2, 0.25) is 0 Å². The van der Waals surface area contributed by atoms with Crippen LogP contribution in [0.3, 0.4) is 0 Å². The number of carbonyl (C=O) groups is 1. The van der Waals surface area contributed by atoms with Crippen molar-refractivity contribution in [2.75, 3.05) is 0 Å². The van der Waals surface area contributed by atoms with E-state index in [0.29, 0.717) is 23.0 Å². The third-order valence-corrected chi connectivity index (χ3v) is 9.65. The van der Waals surface area contributed by atoms with E-state index in [1.54, 1.807) is 0 Å². The lowest BCUT2D eigenvalue weighted by Gasteiger charge is -2.60. The molecule has 4 aliphatic rings. The molecule has 2 nitrogen and oxygen atoms in total. The Labute approximate surface area is 154 Å². The number of fused-ring (bicyclic) bond motifs is 5. The third kappa shape index (κ3) is 2.65. The van der Waals surface area contributed by atoms with E-state index < -0.39 is 5.60 Å². The summed E-state index contributed by atoms with van der Waals surface area (Å²) in [5, 5.41) is 11.0. The van der Waals surface area contributed by atoms with E-state index in [-0.39, 0.29) is 5.41 Å². The van der Waals surface area contributed by atoms with Gasteiger partial charge in [-0.2, -0.15) is 0 Å². The molecule has 0 aliphatic heterocycles. The van der Waals surface area contributed by atoms with Gasteiger partial charge >= 0.3 is 0 Å². The number of hydrogen-bond acceptors (Lipinski definition) is 2. The fourth-order valence-electron chi connectivity index (χ4n) is 7.91. The van der Waals surface area contributed by atoms with Crippen LogP contribution < -0.4 is 0 Å². The van der Waals surface area contributed by atoms with Crippen molar-refractivity contribution < 1.29 is 9.90 Å². The maximum Gasteiger partial charge on any atom is 0.139 e. The van der Waals surface area contributed by atoms with Crippen LogP contribution in [0.4, 0.5) is 0 Å². The number of carbonyl (C=O) groups excluding carboxylic acids is 1. The van der Waals surface area contributed by atoms with Gasteiger partial charge in [0.2, 0.25) is 0 Å². The molecule has 4 fully saturated rings. The summed E-state index contributed by atoms with van der Waals surface area (Å²) in [6.07, 6.45) is 13.6. The zero-order chi connectivity index (χ0) is 17.9. The third-order valence-electron chi connectivity index (χ3n) is 9.65. The van der Waals surface area contributed by atoms with Crippen LogP contribution in [0.25, 0.3) is 0 Å². The molecule has 4 saturated carbocycles. The molecule has 0 amide bonds. The molecule has 25 heavy (non-hydrogen) atoms. The van der Waals surface area contributed by atoms with E-state index in [0.717, 1.165) is 50.4 Å². The summed E-state index contributed by atoms with van der Waals surface area (Å²) in [6.45, 7) is 7.02. The highest BCUT2D eigenvalue weighted by molar-refractivity contribution is 5.85. The fraction of sp³-hybridized carbons (Fsp3) is 0.957. The van der Waals surface area contributed by atoms with E-state index in [2.05, 4.69) is 20.8 Å². The van der Waals surface area contributed by atoms with Gasteiger partial charge in [-0.1, -0.05) is 27.2 Å². The maximum absolute atomic E-state index is 12.7. The topological polar surface area (TPSA) is 37.3 Å². The predicted molar refractivity (Wildman–Crippen MR) is 101 cm³/mol. The van der Waals surface area contributed by atoms with Crippen molar-refractivity contribution >= 4 is 5.78 Å². The zero-order valence-electron chi connectivity index (χ0n) is 16.7. The Kier molecular flexibility index (Phi) is 4.38. The molecule has 7 atom stereocenters. The molecule has 0 saturated heterocycles. The molecule has 4 rings (SSSR count). The summed E-state index contributed by atoms with van der Waals surface area (Å²) in [7, 11) is 0. The molecule has 142 valence electrons. The highest BCUT2D eigenvalue weighted by atomic mass is 16.3. The van der Waals surface area contributed by atoms with Gasteiger partial charge in [-0.05, 0) is 93.3 Å². The molecule has 0 aromatic heterocycles. The van der Waals surface area contributed by atoms with Crippen LogP contribution >= 0.6 is 0 Å². The highest BCUT2D eigenvalue weighted by Crippen LogP contribution is 2.65. The summed E-state index contributed by atoms with van der Waals surface area (Å²) in [5.41, 5.74) is -0.0405. The minimum Gasteiger partial charge on any atom is -0.390 e. The molecular weight excluding hydrogens is 308 g/mol. The molecule has 0 bridgehead atoms. The van der Waals surface area contributed by atoms with Crippen molar-refractivity contribution in [3.8, 4) is 0 Å². The summed E-state index contributed by atoms with van der Waals surface area (Å²) in [6, 6.07) is 0. The number of aliphatic hydroxyl groups is 1. The van der Waals surface area contributed by atoms with Crippen molar-refractivity contribution in [3.05, 3.63) is 0 Å². The Hall–Kier alpha value is -0.370. The van der Waals surface area contributed by atoms with Crippen LogP contribution in [0.5, 0.6) is 0 Å². The molecule has 0 aromatic carbocycles. The first kappa shape index (κ1) is 18.0. The van der Waals surface area contributed by atoms with Crippen LogP contribution in [-0.4, -0.2) is 16.5 Å². The number of ketones is 1. The molecule has 0 aromatic rings. The van der Waals surface area contributed by atoms with Crippen molar-refractivity contribution in [1.29, 1.82) is 0 Å². The van der Waals surface area contributed by atoms with Crippen molar-refractivity contribution in [2.24, 2.45) is 34.5 Å².